The molecule has 7 heteroatoms. The molecule has 1 aliphatic heterocycles. The van der Waals surface area contributed by atoms with Crippen LogP contribution in [0.3, 0.4) is 0 Å². The number of aromatic nitrogens is 1. The highest BCUT2D eigenvalue weighted by Crippen LogP contribution is 2.27. The van der Waals surface area contributed by atoms with Crippen LogP contribution in [0, 0.1) is 13.8 Å². The van der Waals surface area contributed by atoms with Gasteiger partial charge in [0, 0.05) is 36.8 Å². The molecule has 2 aromatic carbocycles. The highest BCUT2D eigenvalue weighted by atomic mass is 16.5. The summed E-state index contributed by atoms with van der Waals surface area (Å²) in [4.78, 5) is 39.1. The van der Waals surface area contributed by atoms with Gasteiger partial charge in [-0.1, -0.05) is 36.4 Å². The first-order valence-corrected chi connectivity index (χ1v) is 10.4. The second-order valence-corrected chi connectivity index (χ2v) is 7.93. The van der Waals surface area contributed by atoms with Crippen molar-refractivity contribution in [2.45, 2.75) is 20.4 Å². The summed E-state index contributed by atoms with van der Waals surface area (Å²) in [5, 5.41) is 0.912. The third-order valence-corrected chi connectivity index (χ3v) is 5.75. The first kappa shape index (κ1) is 21.4. The van der Waals surface area contributed by atoms with Gasteiger partial charge in [-0.15, -0.1) is 0 Å². The van der Waals surface area contributed by atoms with Crippen LogP contribution in [0.1, 0.15) is 16.7 Å². The minimum atomic E-state index is -0.636. The van der Waals surface area contributed by atoms with Gasteiger partial charge >= 0.3 is 6.03 Å². The van der Waals surface area contributed by atoms with E-state index >= 15 is 0 Å². The van der Waals surface area contributed by atoms with Crippen molar-refractivity contribution in [1.82, 2.24) is 14.4 Å². The number of barbiturate groups is 1. The number of hydrogen-bond acceptors (Lipinski definition) is 4. The lowest BCUT2D eigenvalue weighted by Crippen LogP contribution is -2.52. The van der Waals surface area contributed by atoms with E-state index in [0.29, 0.717) is 13.2 Å². The fourth-order valence-electron chi connectivity index (χ4n) is 3.98. The van der Waals surface area contributed by atoms with Crippen LogP contribution in [-0.2, 0) is 16.1 Å². The van der Waals surface area contributed by atoms with E-state index in [1.54, 1.807) is 6.08 Å². The van der Waals surface area contributed by atoms with Crippen LogP contribution in [0.5, 0.6) is 5.75 Å². The summed E-state index contributed by atoms with van der Waals surface area (Å²) >= 11 is 0. The number of likely N-dealkylation sites (N-methyl/N-ethyl adjacent to an activating group) is 2. The van der Waals surface area contributed by atoms with Gasteiger partial charge in [-0.2, -0.15) is 0 Å². The molecule has 0 aliphatic carbocycles. The lowest BCUT2D eigenvalue weighted by molar-refractivity contribution is -0.134. The Morgan fingerprint density at radius 2 is 1.50 bits per heavy atom. The van der Waals surface area contributed by atoms with Crippen molar-refractivity contribution in [3.63, 3.8) is 0 Å². The predicted molar refractivity (Wildman–Crippen MR) is 122 cm³/mol. The topological polar surface area (TPSA) is 71.8 Å². The van der Waals surface area contributed by atoms with Gasteiger partial charge in [0.05, 0.1) is 6.54 Å². The van der Waals surface area contributed by atoms with Crippen LogP contribution < -0.4 is 4.74 Å². The van der Waals surface area contributed by atoms with E-state index in [1.807, 2.05) is 67.1 Å². The Labute approximate surface area is 186 Å². The second kappa shape index (κ2) is 8.34. The lowest BCUT2D eigenvalue weighted by atomic mass is 10.1. The molecule has 3 aromatic rings. The SMILES string of the molecule is Cc1cccc(C)c1OCCn1cc(C=C2C(=O)N(C)C(=O)N(C)C2=O)c2ccccc21. The molecule has 2 heterocycles. The number of rotatable bonds is 5. The van der Waals surface area contributed by atoms with Crippen LogP contribution in [0.15, 0.2) is 54.2 Å². The third-order valence-electron chi connectivity index (χ3n) is 5.75. The van der Waals surface area contributed by atoms with Crippen LogP contribution in [-0.4, -0.2) is 52.9 Å². The molecule has 1 saturated heterocycles. The van der Waals surface area contributed by atoms with E-state index in [1.165, 1.54) is 14.1 Å². The van der Waals surface area contributed by atoms with Gasteiger partial charge in [-0.05, 0) is 37.1 Å². The number of carbonyl (C=O) groups excluding carboxylic acids is 3. The Bertz CT molecular complexity index is 1230. The Balaban J connectivity index is 1.65. The van der Waals surface area contributed by atoms with Crippen LogP contribution >= 0.6 is 0 Å². The Hall–Kier alpha value is -3.87. The summed E-state index contributed by atoms with van der Waals surface area (Å²) in [6.45, 7) is 5.11. The van der Waals surface area contributed by atoms with Gasteiger partial charge in [-0.25, -0.2) is 4.79 Å². The van der Waals surface area contributed by atoms with Gasteiger partial charge in [0.15, 0.2) is 0 Å². The molecule has 0 atom stereocenters. The monoisotopic (exact) mass is 431 g/mol. The van der Waals surface area contributed by atoms with Crippen molar-refractivity contribution in [1.29, 1.82) is 0 Å². The van der Waals surface area contributed by atoms with Crippen molar-refractivity contribution >= 4 is 34.8 Å². The molecule has 4 rings (SSSR count). The molecule has 0 bridgehead atoms. The molecular formula is C25H25N3O4. The van der Waals surface area contributed by atoms with E-state index in [2.05, 4.69) is 0 Å². The van der Waals surface area contributed by atoms with Crippen LogP contribution in [0.4, 0.5) is 4.79 Å². The predicted octanol–water partition coefficient (Wildman–Crippen LogP) is 3.77. The molecule has 0 radical (unpaired) electrons. The molecule has 7 nitrogen and oxygen atoms in total. The number of amides is 4. The van der Waals surface area contributed by atoms with E-state index in [9.17, 15) is 14.4 Å². The first-order valence-electron chi connectivity index (χ1n) is 10.4. The van der Waals surface area contributed by atoms with Crippen molar-refractivity contribution in [2.24, 2.45) is 0 Å². The molecule has 1 fully saturated rings. The maximum absolute atomic E-state index is 12.6. The molecule has 0 unspecified atom stereocenters. The first-order chi connectivity index (χ1) is 15.3. The minimum absolute atomic E-state index is 0.0377. The standard InChI is InChI=1S/C25H25N3O4/c1-16-8-7-9-17(2)22(16)32-13-12-28-15-18(19-10-5-6-11-21(19)28)14-20-23(29)26(3)25(31)27(4)24(20)30/h5-11,14-15H,12-13H2,1-4H3. The quantitative estimate of drug-likeness (QED) is 0.455. The van der Waals surface area contributed by atoms with Gasteiger partial charge in [0.1, 0.15) is 17.9 Å². The molecular weight excluding hydrogens is 406 g/mol. The molecule has 4 amide bonds. The number of para-hydroxylation sites is 2. The maximum Gasteiger partial charge on any atom is 0.333 e. The summed E-state index contributed by atoms with van der Waals surface area (Å²) in [7, 11) is 2.74. The summed E-state index contributed by atoms with van der Waals surface area (Å²) in [6.07, 6.45) is 3.47. The molecule has 0 spiro atoms. The smallest absolute Gasteiger partial charge is 0.333 e. The van der Waals surface area contributed by atoms with E-state index in [0.717, 1.165) is 43.1 Å². The van der Waals surface area contributed by atoms with Crippen molar-refractivity contribution < 1.29 is 19.1 Å². The maximum atomic E-state index is 12.6. The molecule has 0 saturated carbocycles. The third kappa shape index (κ3) is 3.66. The Morgan fingerprint density at radius 3 is 2.16 bits per heavy atom. The molecule has 0 N–H and O–H groups in total. The number of carbonyl (C=O) groups is 3. The molecule has 1 aliphatic rings. The van der Waals surface area contributed by atoms with Crippen LogP contribution in [0.25, 0.3) is 17.0 Å². The molecule has 1 aromatic heterocycles. The van der Waals surface area contributed by atoms with Crippen molar-refractivity contribution in [2.75, 3.05) is 20.7 Å². The summed E-state index contributed by atoms with van der Waals surface area (Å²) < 4.78 is 8.11. The lowest BCUT2D eigenvalue weighted by Gasteiger charge is -2.28. The number of urea groups is 1. The summed E-state index contributed by atoms with van der Waals surface area (Å²) in [5.74, 6) is -0.318. The van der Waals surface area contributed by atoms with E-state index in [4.69, 9.17) is 4.74 Å². The van der Waals surface area contributed by atoms with Gasteiger partial charge in [0.2, 0.25) is 0 Å². The fourth-order valence-corrected chi connectivity index (χ4v) is 3.98. The minimum Gasteiger partial charge on any atom is -0.491 e. The number of ether oxygens (including phenoxy) is 1. The van der Waals surface area contributed by atoms with Crippen LogP contribution in [0.2, 0.25) is 0 Å². The summed E-state index contributed by atoms with van der Waals surface area (Å²) in [6, 6.07) is 13.2. The van der Waals surface area contributed by atoms with Gasteiger partial charge in [-0.3, -0.25) is 19.4 Å². The zero-order valence-electron chi connectivity index (χ0n) is 18.6. The largest absolute Gasteiger partial charge is 0.491 e. The number of nitrogens with zero attached hydrogens (tertiary/aromatic N) is 3. The number of aryl methyl sites for hydroxylation is 2. The van der Waals surface area contributed by atoms with Crippen molar-refractivity contribution in [3.8, 4) is 5.75 Å². The normalized spacial score (nSPS) is 14.5. The number of hydrogen-bond donors (Lipinski definition) is 0. The fraction of sp³-hybridized carbons (Fsp3) is 0.240. The Kier molecular flexibility index (Phi) is 5.57. The second-order valence-electron chi connectivity index (χ2n) is 7.93. The number of fused-ring (bicyclic) bond motifs is 1. The Morgan fingerprint density at radius 1 is 0.875 bits per heavy atom. The average Bonchev–Trinajstić information content (AvgIpc) is 3.13. The zero-order valence-corrected chi connectivity index (χ0v) is 18.6. The highest BCUT2D eigenvalue weighted by Gasteiger charge is 2.37. The van der Waals surface area contributed by atoms with Gasteiger partial charge in [0.25, 0.3) is 11.8 Å². The molecule has 32 heavy (non-hydrogen) atoms. The molecule has 164 valence electrons. The zero-order chi connectivity index (χ0) is 23.0. The highest BCUT2D eigenvalue weighted by molar-refractivity contribution is 6.31. The number of benzene rings is 2. The van der Waals surface area contributed by atoms with Gasteiger partial charge < -0.3 is 9.30 Å². The number of imide groups is 2. The average molecular weight is 431 g/mol. The van der Waals surface area contributed by atoms with E-state index < -0.39 is 17.8 Å². The van der Waals surface area contributed by atoms with Crippen molar-refractivity contribution in [3.05, 3.63) is 70.9 Å². The van der Waals surface area contributed by atoms with E-state index in [-0.39, 0.29) is 5.57 Å². The summed E-state index contributed by atoms with van der Waals surface area (Å²) in [5.41, 5.74) is 3.84.